The number of carbonyl (C=O) groups is 1. The SMILES string of the molecule is CC(C)(C)OC(=O)CCCNC(=S)Nc1ccc(F)cc1Br. The van der Waals surface area contributed by atoms with Gasteiger partial charge in [0.1, 0.15) is 11.4 Å². The molecule has 122 valence electrons. The van der Waals surface area contributed by atoms with E-state index in [9.17, 15) is 9.18 Å². The molecule has 0 radical (unpaired) electrons. The highest BCUT2D eigenvalue weighted by atomic mass is 79.9. The third kappa shape index (κ3) is 7.70. The molecule has 1 aromatic rings. The Morgan fingerprint density at radius 3 is 2.68 bits per heavy atom. The van der Waals surface area contributed by atoms with E-state index in [4.69, 9.17) is 17.0 Å². The molecule has 0 bridgehead atoms. The maximum atomic E-state index is 13.0. The number of halogens is 2. The van der Waals surface area contributed by atoms with E-state index in [0.717, 1.165) is 0 Å². The highest BCUT2D eigenvalue weighted by molar-refractivity contribution is 9.10. The monoisotopic (exact) mass is 390 g/mol. The first-order chi connectivity index (χ1) is 10.2. The van der Waals surface area contributed by atoms with Crippen LogP contribution in [0, 0.1) is 5.82 Å². The van der Waals surface area contributed by atoms with Crippen molar-refractivity contribution in [2.24, 2.45) is 0 Å². The zero-order valence-electron chi connectivity index (χ0n) is 12.8. The van der Waals surface area contributed by atoms with E-state index >= 15 is 0 Å². The van der Waals surface area contributed by atoms with Gasteiger partial charge in [-0.3, -0.25) is 4.79 Å². The van der Waals surface area contributed by atoms with Crippen LogP contribution in [0.2, 0.25) is 0 Å². The van der Waals surface area contributed by atoms with Crippen LogP contribution < -0.4 is 10.6 Å². The number of carbonyl (C=O) groups excluding carboxylic acids is 1. The lowest BCUT2D eigenvalue weighted by atomic mass is 10.2. The van der Waals surface area contributed by atoms with E-state index < -0.39 is 5.60 Å². The molecule has 0 heterocycles. The fourth-order valence-electron chi connectivity index (χ4n) is 1.58. The topological polar surface area (TPSA) is 50.4 Å². The second kappa shape index (κ2) is 8.43. The van der Waals surface area contributed by atoms with Gasteiger partial charge in [0.15, 0.2) is 5.11 Å². The average molecular weight is 391 g/mol. The number of anilines is 1. The molecule has 0 atom stereocenters. The third-order valence-electron chi connectivity index (χ3n) is 2.44. The van der Waals surface area contributed by atoms with Crippen LogP contribution in [0.15, 0.2) is 22.7 Å². The lowest BCUT2D eigenvalue weighted by Crippen LogP contribution is -2.30. The minimum atomic E-state index is -0.462. The molecule has 7 heteroatoms. The van der Waals surface area contributed by atoms with Crippen molar-refractivity contribution in [3.05, 3.63) is 28.5 Å². The molecule has 0 aromatic heterocycles. The fraction of sp³-hybridized carbons (Fsp3) is 0.467. The van der Waals surface area contributed by atoms with Crippen molar-refractivity contribution in [1.29, 1.82) is 0 Å². The van der Waals surface area contributed by atoms with Crippen LogP contribution in [0.3, 0.4) is 0 Å². The number of esters is 1. The van der Waals surface area contributed by atoms with Crippen LogP contribution in [0.5, 0.6) is 0 Å². The van der Waals surface area contributed by atoms with Crippen molar-refractivity contribution in [3.63, 3.8) is 0 Å². The zero-order valence-corrected chi connectivity index (χ0v) is 15.2. The quantitative estimate of drug-likeness (QED) is 0.452. The lowest BCUT2D eigenvalue weighted by Gasteiger charge is -2.19. The first-order valence-electron chi connectivity index (χ1n) is 6.89. The Hall–Kier alpha value is -1.21. The summed E-state index contributed by atoms with van der Waals surface area (Å²) in [5.41, 5.74) is 0.210. The summed E-state index contributed by atoms with van der Waals surface area (Å²) in [5, 5.41) is 6.36. The summed E-state index contributed by atoms with van der Waals surface area (Å²) in [7, 11) is 0. The van der Waals surface area contributed by atoms with Gasteiger partial charge in [-0.05, 0) is 73.5 Å². The number of benzene rings is 1. The summed E-state index contributed by atoms with van der Waals surface area (Å²) in [6.07, 6.45) is 0.939. The molecule has 0 saturated heterocycles. The zero-order chi connectivity index (χ0) is 16.8. The Morgan fingerprint density at radius 2 is 2.09 bits per heavy atom. The smallest absolute Gasteiger partial charge is 0.306 e. The summed E-state index contributed by atoms with van der Waals surface area (Å²) >= 11 is 8.40. The summed E-state index contributed by atoms with van der Waals surface area (Å²) < 4.78 is 18.8. The number of hydrogen-bond acceptors (Lipinski definition) is 3. The first kappa shape index (κ1) is 18.8. The van der Waals surface area contributed by atoms with Crippen molar-refractivity contribution in [2.45, 2.75) is 39.2 Å². The molecule has 0 saturated carbocycles. The van der Waals surface area contributed by atoms with E-state index in [-0.39, 0.29) is 11.8 Å². The van der Waals surface area contributed by atoms with Gasteiger partial charge in [0.2, 0.25) is 0 Å². The van der Waals surface area contributed by atoms with Crippen molar-refractivity contribution >= 4 is 44.9 Å². The molecule has 22 heavy (non-hydrogen) atoms. The van der Waals surface area contributed by atoms with Gasteiger partial charge in [-0.1, -0.05) is 0 Å². The molecule has 0 aliphatic heterocycles. The Bertz CT molecular complexity index is 547. The largest absolute Gasteiger partial charge is 0.460 e. The Morgan fingerprint density at radius 1 is 1.41 bits per heavy atom. The van der Waals surface area contributed by atoms with Gasteiger partial charge in [-0.2, -0.15) is 0 Å². The standard InChI is InChI=1S/C15H20BrFN2O2S/c1-15(2,3)21-13(20)5-4-8-18-14(22)19-12-7-6-10(17)9-11(12)16/h6-7,9H,4-5,8H2,1-3H3,(H2,18,19,22). The van der Waals surface area contributed by atoms with E-state index in [1.807, 2.05) is 20.8 Å². The lowest BCUT2D eigenvalue weighted by molar-refractivity contribution is -0.154. The molecule has 1 aromatic carbocycles. The van der Waals surface area contributed by atoms with E-state index in [1.54, 1.807) is 6.07 Å². The Balaban J connectivity index is 2.28. The van der Waals surface area contributed by atoms with Crippen molar-refractivity contribution < 1.29 is 13.9 Å². The molecule has 0 fully saturated rings. The predicted molar refractivity (Wildman–Crippen MR) is 93.4 cm³/mol. The number of hydrogen-bond donors (Lipinski definition) is 2. The Labute approximate surface area is 143 Å². The summed E-state index contributed by atoms with van der Waals surface area (Å²) in [6, 6.07) is 4.29. The molecule has 4 nitrogen and oxygen atoms in total. The number of ether oxygens (including phenoxy) is 1. The van der Waals surface area contributed by atoms with Crippen molar-refractivity contribution in [3.8, 4) is 0 Å². The molecule has 0 amide bonds. The number of nitrogens with one attached hydrogen (secondary N) is 2. The second-order valence-corrected chi connectivity index (χ2v) is 6.96. The molecular weight excluding hydrogens is 371 g/mol. The minimum absolute atomic E-state index is 0.227. The fourth-order valence-corrected chi connectivity index (χ4v) is 2.25. The van der Waals surface area contributed by atoms with Gasteiger partial charge >= 0.3 is 5.97 Å². The molecule has 1 rings (SSSR count). The van der Waals surface area contributed by atoms with Gasteiger partial charge in [0.25, 0.3) is 0 Å². The molecule has 0 aliphatic carbocycles. The minimum Gasteiger partial charge on any atom is -0.460 e. The molecule has 0 aliphatic rings. The normalized spacial score (nSPS) is 11.0. The second-order valence-electron chi connectivity index (χ2n) is 5.70. The van der Waals surface area contributed by atoms with Crippen LogP contribution >= 0.6 is 28.1 Å². The molecule has 2 N–H and O–H groups in total. The highest BCUT2D eigenvalue weighted by Gasteiger charge is 2.15. The summed E-state index contributed by atoms with van der Waals surface area (Å²) in [4.78, 5) is 11.5. The summed E-state index contributed by atoms with van der Waals surface area (Å²) in [6.45, 7) is 6.05. The van der Waals surface area contributed by atoms with Crippen LogP contribution in [0.25, 0.3) is 0 Å². The van der Waals surface area contributed by atoms with Crippen LogP contribution in [-0.2, 0) is 9.53 Å². The molecular formula is C15H20BrFN2O2S. The summed E-state index contributed by atoms with van der Waals surface area (Å²) in [5.74, 6) is -0.553. The van der Waals surface area contributed by atoms with Gasteiger partial charge in [0, 0.05) is 17.4 Å². The number of thiocarbonyl (C=S) groups is 1. The third-order valence-corrected chi connectivity index (χ3v) is 3.35. The first-order valence-corrected chi connectivity index (χ1v) is 8.09. The molecule has 0 spiro atoms. The maximum absolute atomic E-state index is 13.0. The van der Waals surface area contributed by atoms with Crippen LogP contribution in [0.4, 0.5) is 10.1 Å². The van der Waals surface area contributed by atoms with E-state index in [1.165, 1.54) is 12.1 Å². The Kier molecular flexibility index (Phi) is 7.22. The maximum Gasteiger partial charge on any atom is 0.306 e. The van der Waals surface area contributed by atoms with Gasteiger partial charge in [-0.15, -0.1) is 0 Å². The van der Waals surface area contributed by atoms with Gasteiger partial charge in [0.05, 0.1) is 5.69 Å². The highest BCUT2D eigenvalue weighted by Crippen LogP contribution is 2.22. The average Bonchev–Trinajstić information content (AvgIpc) is 2.36. The van der Waals surface area contributed by atoms with E-state index in [0.29, 0.717) is 34.7 Å². The van der Waals surface area contributed by atoms with Crippen molar-refractivity contribution in [2.75, 3.05) is 11.9 Å². The number of rotatable bonds is 5. The van der Waals surface area contributed by atoms with Crippen molar-refractivity contribution in [1.82, 2.24) is 5.32 Å². The van der Waals surface area contributed by atoms with Gasteiger partial charge < -0.3 is 15.4 Å². The van der Waals surface area contributed by atoms with Gasteiger partial charge in [-0.25, -0.2) is 4.39 Å². The van der Waals surface area contributed by atoms with Crippen LogP contribution in [0.1, 0.15) is 33.6 Å². The van der Waals surface area contributed by atoms with Crippen LogP contribution in [-0.4, -0.2) is 23.2 Å². The van der Waals surface area contributed by atoms with E-state index in [2.05, 4.69) is 26.6 Å². The molecule has 0 unspecified atom stereocenters. The predicted octanol–water partition coefficient (Wildman–Crippen LogP) is 4.00.